The van der Waals surface area contributed by atoms with Gasteiger partial charge in [-0.25, -0.2) is 0 Å². The molecule has 1 aliphatic carbocycles. The molecule has 2 aliphatic rings. The second-order valence-electron chi connectivity index (χ2n) is 6.37. The fraction of sp³-hybridized carbons (Fsp3) is 0.800. The van der Waals surface area contributed by atoms with E-state index in [1.54, 1.807) is 0 Å². The summed E-state index contributed by atoms with van der Waals surface area (Å²) in [6, 6.07) is -0.0997. The minimum atomic E-state index is -0.107. The van der Waals surface area contributed by atoms with Crippen molar-refractivity contribution < 1.29 is 4.79 Å². The monoisotopic (exact) mass is 291 g/mol. The van der Waals surface area contributed by atoms with Crippen LogP contribution in [0.3, 0.4) is 0 Å². The summed E-state index contributed by atoms with van der Waals surface area (Å²) in [5.41, 5.74) is 6.01. The third kappa shape index (κ3) is 2.95. The lowest BCUT2D eigenvalue weighted by molar-refractivity contribution is -0.125. The van der Waals surface area contributed by atoms with Gasteiger partial charge in [0.25, 0.3) is 0 Å². The first-order chi connectivity index (χ1) is 10.2. The Bertz CT molecular complexity index is 512. The van der Waals surface area contributed by atoms with Crippen LogP contribution >= 0.6 is 0 Å². The van der Waals surface area contributed by atoms with Crippen molar-refractivity contribution in [2.45, 2.75) is 70.5 Å². The highest BCUT2D eigenvalue weighted by Crippen LogP contribution is 2.25. The summed E-state index contributed by atoms with van der Waals surface area (Å²) in [5.74, 6) is 1.96. The first kappa shape index (κ1) is 14.5. The van der Waals surface area contributed by atoms with E-state index in [0.717, 1.165) is 50.3 Å². The van der Waals surface area contributed by atoms with Gasteiger partial charge in [0.2, 0.25) is 5.91 Å². The van der Waals surface area contributed by atoms with Gasteiger partial charge >= 0.3 is 0 Å². The normalized spacial score (nSPS) is 27.0. The summed E-state index contributed by atoms with van der Waals surface area (Å²) >= 11 is 0. The second kappa shape index (κ2) is 6.13. The summed E-state index contributed by atoms with van der Waals surface area (Å²) in [6.07, 6.45) is 7.46. The van der Waals surface area contributed by atoms with Crippen LogP contribution < -0.4 is 11.1 Å². The fourth-order valence-electron chi connectivity index (χ4n) is 3.53. The Labute approximate surface area is 125 Å². The predicted octanol–water partition coefficient (Wildman–Crippen LogP) is 1.31. The summed E-state index contributed by atoms with van der Waals surface area (Å²) in [7, 11) is 0. The third-order valence-corrected chi connectivity index (χ3v) is 4.79. The molecule has 21 heavy (non-hydrogen) atoms. The number of fused-ring (bicyclic) bond motifs is 1. The number of amides is 1. The maximum atomic E-state index is 12.3. The molecular weight excluding hydrogens is 266 g/mol. The number of carbonyl (C=O) groups excluding carboxylic acids is 1. The lowest BCUT2D eigenvalue weighted by atomic mass is 10.0. The van der Waals surface area contributed by atoms with Crippen LogP contribution in [0, 0.1) is 5.92 Å². The molecule has 1 aliphatic heterocycles. The Morgan fingerprint density at radius 2 is 2.14 bits per heavy atom. The van der Waals surface area contributed by atoms with Gasteiger partial charge in [-0.2, -0.15) is 0 Å². The van der Waals surface area contributed by atoms with E-state index in [2.05, 4.69) is 20.1 Å². The van der Waals surface area contributed by atoms with Gasteiger partial charge in [0.05, 0.1) is 12.0 Å². The quantitative estimate of drug-likeness (QED) is 0.879. The number of rotatable bonds is 3. The third-order valence-electron chi connectivity index (χ3n) is 4.79. The van der Waals surface area contributed by atoms with E-state index < -0.39 is 0 Å². The second-order valence-corrected chi connectivity index (χ2v) is 6.37. The minimum Gasteiger partial charge on any atom is -0.346 e. The van der Waals surface area contributed by atoms with Crippen LogP contribution in [-0.2, 0) is 17.8 Å². The zero-order valence-electron chi connectivity index (χ0n) is 12.7. The molecule has 0 aromatic carbocycles. The highest BCUT2D eigenvalue weighted by molar-refractivity contribution is 5.80. The van der Waals surface area contributed by atoms with E-state index in [4.69, 9.17) is 5.73 Å². The zero-order chi connectivity index (χ0) is 14.8. The lowest BCUT2D eigenvalue weighted by Gasteiger charge is -2.20. The van der Waals surface area contributed by atoms with Crippen molar-refractivity contribution in [3.05, 3.63) is 11.6 Å². The molecule has 0 spiro atoms. The number of nitrogens with zero attached hydrogens (tertiary/aromatic N) is 3. The van der Waals surface area contributed by atoms with Crippen LogP contribution in [0.25, 0.3) is 0 Å². The minimum absolute atomic E-state index is 0.00714. The molecule has 2 heterocycles. The van der Waals surface area contributed by atoms with Crippen molar-refractivity contribution in [1.82, 2.24) is 20.1 Å². The van der Waals surface area contributed by atoms with Crippen LogP contribution in [0.15, 0.2) is 0 Å². The molecule has 3 N–H and O–H groups in total. The number of nitrogens with one attached hydrogen (secondary N) is 1. The van der Waals surface area contributed by atoms with Crippen molar-refractivity contribution in [3.63, 3.8) is 0 Å². The Hall–Kier alpha value is -1.43. The Balaban J connectivity index is 1.69. The molecule has 3 unspecified atom stereocenters. The lowest BCUT2D eigenvalue weighted by Crippen LogP contribution is -2.40. The van der Waals surface area contributed by atoms with E-state index in [0.29, 0.717) is 0 Å². The van der Waals surface area contributed by atoms with Crippen LogP contribution in [0.5, 0.6) is 0 Å². The topological polar surface area (TPSA) is 85.8 Å². The van der Waals surface area contributed by atoms with Gasteiger partial charge in [-0.3, -0.25) is 4.79 Å². The van der Waals surface area contributed by atoms with Gasteiger partial charge in [0.1, 0.15) is 5.82 Å². The van der Waals surface area contributed by atoms with Gasteiger partial charge in [-0.05, 0) is 32.6 Å². The van der Waals surface area contributed by atoms with Crippen LogP contribution in [-0.4, -0.2) is 26.7 Å². The maximum Gasteiger partial charge on any atom is 0.225 e. The van der Waals surface area contributed by atoms with Crippen LogP contribution in [0.4, 0.5) is 0 Å². The number of nitrogens with two attached hydrogens (primary N) is 1. The van der Waals surface area contributed by atoms with Crippen molar-refractivity contribution in [1.29, 1.82) is 0 Å². The molecule has 0 bridgehead atoms. The van der Waals surface area contributed by atoms with Crippen LogP contribution in [0.2, 0.25) is 0 Å². The molecular formula is C15H25N5O. The summed E-state index contributed by atoms with van der Waals surface area (Å²) < 4.78 is 2.19. The van der Waals surface area contributed by atoms with E-state index in [1.165, 1.54) is 12.8 Å². The van der Waals surface area contributed by atoms with Gasteiger partial charge in [-0.1, -0.05) is 12.8 Å². The number of hydrogen-bond donors (Lipinski definition) is 2. The number of carbonyl (C=O) groups is 1. The van der Waals surface area contributed by atoms with Crippen molar-refractivity contribution >= 4 is 5.91 Å². The average Bonchev–Trinajstić information content (AvgIpc) is 2.99. The molecule has 1 aromatic rings. The van der Waals surface area contributed by atoms with Crippen molar-refractivity contribution in [2.75, 3.05) is 0 Å². The van der Waals surface area contributed by atoms with Crippen molar-refractivity contribution in [3.8, 4) is 0 Å². The van der Waals surface area contributed by atoms with Gasteiger partial charge < -0.3 is 15.6 Å². The fourth-order valence-corrected chi connectivity index (χ4v) is 3.53. The van der Waals surface area contributed by atoms with Gasteiger partial charge in [0, 0.05) is 19.0 Å². The SMILES string of the molecule is CC(NC(=O)C1CCCC1N)c1nnc2n1CCCCC2. The molecule has 0 radical (unpaired) electrons. The molecule has 0 saturated heterocycles. The van der Waals surface area contributed by atoms with E-state index >= 15 is 0 Å². The molecule has 116 valence electrons. The smallest absolute Gasteiger partial charge is 0.225 e. The molecule has 6 heteroatoms. The Morgan fingerprint density at radius 3 is 2.90 bits per heavy atom. The summed E-state index contributed by atoms with van der Waals surface area (Å²) in [5, 5.41) is 11.7. The first-order valence-corrected chi connectivity index (χ1v) is 8.14. The molecule has 1 aromatic heterocycles. The number of aryl methyl sites for hydroxylation is 1. The highest BCUT2D eigenvalue weighted by Gasteiger charge is 2.31. The molecule has 6 nitrogen and oxygen atoms in total. The maximum absolute atomic E-state index is 12.3. The predicted molar refractivity (Wildman–Crippen MR) is 79.5 cm³/mol. The Morgan fingerprint density at radius 1 is 1.29 bits per heavy atom. The van der Waals surface area contributed by atoms with Crippen LogP contribution in [0.1, 0.15) is 63.1 Å². The van der Waals surface area contributed by atoms with E-state index in [-0.39, 0.29) is 23.9 Å². The first-order valence-electron chi connectivity index (χ1n) is 8.14. The summed E-state index contributed by atoms with van der Waals surface area (Å²) in [6.45, 7) is 2.95. The number of hydrogen-bond acceptors (Lipinski definition) is 4. The molecule has 3 rings (SSSR count). The molecule has 1 saturated carbocycles. The Kier molecular flexibility index (Phi) is 4.24. The zero-order valence-corrected chi connectivity index (χ0v) is 12.7. The van der Waals surface area contributed by atoms with Crippen molar-refractivity contribution in [2.24, 2.45) is 11.7 Å². The van der Waals surface area contributed by atoms with E-state index in [9.17, 15) is 4.79 Å². The molecule has 1 fully saturated rings. The number of aromatic nitrogens is 3. The molecule has 3 atom stereocenters. The largest absolute Gasteiger partial charge is 0.346 e. The average molecular weight is 291 g/mol. The van der Waals surface area contributed by atoms with Gasteiger partial charge in [-0.15, -0.1) is 10.2 Å². The summed E-state index contributed by atoms with van der Waals surface area (Å²) in [4.78, 5) is 12.3. The van der Waals surface area contributed by atoms with Gasteiger partial charge in [0.15, 0.2) is 5.82 Å². The van der Waals surface area contributed by atoms with E-state index in [1.807, 2.05) is 6.92 Å². The standard InChI is InChI=1S/C15H25N5O/c1-10(17-15(21)11-6-5-7-12(11)16)14-19-18-13-8-3-2-4-9-20(13)14/h10-12H,2-9,16H2,1H3,(H,17,21). The highest BCUT2D eigenvalue weighted by atomic mass is 16.2. The molecule has 1 amide bonds.